The van der Waals surface area contributed by atoms with E-state index in [0.29, 0.717) is 56.8 Å². The van der Waals surface area contributed by atoms with Crippen molar-refractivity contribution in [2.45, 2.75) is 45.6 Å². The second-order valence-electron chi connectivity index (χ2n) is 10.5. The molecule has 0 aromatic carbocycles. The van der Waals surface area contributed by atoms with E-state index in [-0.39, 0.29) is 28.0 Å². The van der Waals surface area contributed by atoms with E-state index in [0.717, 1.165) is 17.9 Å². The Morgan fingerprint density at radius 2 is 1.85 bits per heavy atom. The molecule has 218 valence electrons. The first-order chi connectivity index (χ1) is 19.7. The molecule has 5 rings (SSSR count). The van der Waals surface area contributed by atoms with E-state index < -0.39 is 15.6 Å². The lowest BCUT2D eigenvalue weighted by Gasteiger charge is -2.33. The lowest BCUT2D eigenvalue weighted by molar-refractivity contribution is 0.196. The quantitative estimate of drug-likeness (QED) is 0.300. The molecule has 4 aromatic heterocycles. The summed E-state index contributed by atoms with van der Waals surface area (Å²) in [6, 6.07) is 7.14. The van der Waals surface area contributed by atoms with E-state index in [4.69, 9.17) is 9.72 Å². The lowest BCUT2D eigenvalue weighted by atomic mass is 10.2. The number of nitrogens with one attached hydrogen (secondary N) is 1. The minimum absolute atomic E-state index is 0.0265. The predicted octanol–water partition coefficient (Wildman–Crippen LogP) is 2.55. The number of sulfonamides is 1. The van der Waals surface area contributed by atoms with Crippen LogP contribution >= 0.6 is 0 Å². The third-order valence-corrected chi connectivity index (χ3v) is 8.99. The Labute approximate surface area is 239 Å². The molecule has 0 aliphatic carbocycles. The summed E-state index contributed by atoms with van der Waals surface area (Å²) in [5.74, 6) is 0.581. The molecule has 0 saturated carbocycles. The third-order valence-electron chi connectivity index (χ3n) is 7.12. The molecule has 0 atom stereocenters. The maximum atomic E-state index is 13.6. The van der Waals surface area contributed by atoms with Gasteiger partial charge in [0.1, 0.15) is 16.2 Å². The summed E-state index contributed by atoms with van der Waals surface area (Å²) in [6.07, 6.45) is 3.61. The van der Waals surface area contributed by atoms with Crippen molar-refractivity contribution in [3.8, 4) is 17.3 Å². The van der Waals surface area contributed by atoms with E-state index in [1.807, 2.05) is 39.0 Å². The van der Waals surface area contributed by atoms with Crippen LogP contribution in [-0.2, 0) is 23.0 Å². The number of piperazine rings is 1. The topological polar surface area (TPSA) is 139 Å². The van der Waals surface area contributed by atoms with Gasteiger partial charge in [-0.25, -0.2) is 18.4 Å². The molecule has 13 heteroatoms. The number of pyridine rings is 2. The summed E-state index contributed by atoms with van der Waals surface area (Å²) in [6.45, 7) is 11.8. The zero-order valence-corrected chi connectivity index (χ0v) is 24.7. The fraction of sp³-hybridized carbons (Fsp3) is 0.464. The number of hydrogen-bond donors (Lipinski definition) is 1. The highest BCUT2D eigenvalue weighted by molar-refractivity contribution is 7.89. The minimum Gasteiger partial charge on any atom is -0.477 e. The van der Waals surface area contributed by atoms with Crippen molar-refractivity contribution in [2.75, 3.05) is 39.3 Å². The molecular weight excluding hydrogens is 544 g/mol. The molecule has 1 aliphatic rings. The molecule has 5 heterocycles. The molecular formula is C28H36N8O4S. The Kier molecular flexibility index (Phi) is 8.47. The second kappa shape index (κ2) is 12.0. The molecule has 1 aliphatic heterocycles. The highest BCUT2D eigenvalue weighted by atomic mass is 32.2. The normalized spacial score (nSPS) is 15.1. The van der Waals surface area contributed by atoms with Crippen molar-refractivity contribution >= 4 is 21.1 Å². The number of fused-ring (bicyclic) bond motifs is 1. The molecule has 12 nitrogen and oxygen atoms in total. The summed E-state index contributed by atoms with van der Waals surface area (Å²) in [5, 5.41) is 4.54. The van der Waals surface area contributed by atoms with Crippen LogP contribution in [-0.4, -0.2) is 86.7 Å². The Morgan fingerprint density at radius 3 is 2.51 bits per heavy atom. The fourth-order valence-electron chi connectivity index (χ4n) is 4.86. The molecule has 0 unspecified atom stereocenters. The molecule has 1 N–H and O–H groups in total. The Balaban J connectivity index is 1.59. The van der Waals surface area contributed by atoms with Crippen LogP contribution < -0.4 is 10.3 Å². The molecule has 0 amide bonds. The third kappa shape index (κ3) is 6.02. The largest absolute Gasteiger partial charge is 0.477 e. The van der Waals surface area contributed by atoms with E-state index in [1.165, 1.54) is 16.6 Å². The molecule has 0 bridgehead atoms. The number of rotatable bonds is 10. The number of hydrogen-bond acceptors (Lipinski definition) is 9. The van der Waals surface area contributed by atoms with Gasteiger partial charge in [0.15, 0.2) is 5.52 Å². The number of aromatic amines is 1. The van der Waals surface area contributed by atoms with E-state index in [1.54, 1.807) is 10.9 Å². The monoisotopic (exact) mass is 580 g/mol. The van der Waals surface area contributed by atoms with Crippen LogP contribution in [0, 0.1) is 5.92 Å². The molecule has 1 saturated heterocycles. The average Bonchev–Trinajstić information content (AvgIpc) is 3.33. The SMILES string of the molecule is CCc1c2nc(-c3cc(S(=O)(=O)N4CCN(CC)CC4)cnc3OCC(C)C)[nH]c(=O)c2nn1Cc1ccccn1. The van der Waals surface area contributed by atoms with Crippen LogP contribution in [0.4, 0.5) is 0 Å². The van der Waals surface area contributed by atoms with Gasteiger partial charge in [-0.1, -0.05) is 33.8 Å². The number of aromatic nitrogens is 6. The first-order valence-electron chi connectivity index (χ1n) is 14.0. The highest BCUT2D eigenvalue weighted by Gasteiger charge is 2.30. The maximum absolute atomic E-state index is 13.6. The molecule has 1 fully saturated rings. The molecule has 4 aromatic rings. The summed E-state index contributed by atoms with van der Waals surface area (Å²) < 4.78 is 36.4. The molecule has 0 spiro atoms. The number of ether oxygens (including phenoxy) is 1. The number of nitrogens with zero attached hydrogens (tertiary/aromatic N) is 7. The smallest absolute Gasteiger partial charge is 0.279 e. The van der Waals surface area contributed by atoms with Crippen LogP contribution in [0.15, 0.2) is 46.3 Å². The van der Waals surface area contributed by atoms with Gasteiger partial charge in [0.2, 0.25) is 15.9 Å². The van der Waals surface area contributed by atoms with Crippen molar-refractivity contribution in [3.05, 3.63) is 58.4 Å². The second-order valence-corrected chi connectivity index (χ2v) is 12.4. The van der Waals surface area contributed by atoms with Crippen LogP contribution in [0.1, 0.15) is 39.1 Å². The molecule has 0 radical (unpaired) electrons. The number of likely N-dealkylation sites (N-methyl/N-ethyl adjacent to an activating group) is 1. The Bertz CT molecular complexity index is 1680. The van der Waals surface area contributed by atoms with Crippen molar-refractivity contribution in [3.63, 3.8) is 0 Å². The van der Waals surface area contributed by atoms with Gasteiger partial charge in [-0.05, 0) is 37.1 Å². The van der Waals surface area contributed by atoms with Crippen molar-refractivity contribution in [2.24, 2.45) is 5.92 Å². The number of H-pyrrole nitrogens is 1. The zero-order valence-electron chi connectivity index (χ0n) is 23.9. The van der Waals surface area contributed by atoms with Gasteiger partial charge in [0, 0.05) is 32.4 Å². The summed E-state index contributed by atoms with van der Waals surface area (Å²) in [5.41, 5.74) is 2.10. The lowest BCUT2D eigenvalue weighted by Crippen LogP contribution is -2.48. The fourth-order valence-corrected chi connectivity index (χ4v) is 6.25. The van der Waals surface area contributed by atoms with Crippen molar-refractivity contribution in [1.82, 2.24) is 38.9 Å². The zero-order chi connectivity index (χ0) is 29.1. The summed E-state index contributed by atoms with van der Waals surface area (Å²) in [4.78, 5) is 31.9. The van der Waals surface area contributed by atoms with E-state index in [9.17, 15) is 13.2 Å². The minimum atomic E-state index is -3.82. The predicted molar refractivity (Wildman–Crippen MR) is 155 cm³/mol. The van der Waals surface area contributed by atoms with Gasteiger partial charge in [-0.2, -0.15) is 9.40 Å². The standard InChI is InChI=1S/C28H36N8O4S/c1-5-23-24-25(33-36(23)17-20-9-7-8-10-29-20)27(37)32-26(31-24)22-15-21(16-30-28(22)40-18-19(3)4)41(38,39)35-13-11-34(6-2)12-14-35/h7-10,15-16,19H,5-6,11-14,17-18H2,1-4H3,(H,31,32,37). The van der Waals surface area contributed by atoms with E-state index in [2.05, 4.69) is 31.9 Å². The summed E-state index contributed by atoms with van der Waals surface area (Å²) in [7, 11) is -3.82. The van der Waals surface area contributed by atoms with Crippen LogP contribution in [0.5, 0.6) is 5.88 Å². The van der Waals surface area contributed by atoms with Crippen molar-refractivity contribution in [1.29, 1.82) is 0 Å². The summed E-state index contributed by atoms with van der Waals surface area (Å²) >= 11 is 0. The van der Waals surface area contributed by atoms with E-state index >= 15 is 0 Å². The maximum Gasteiger partial charge on any atom is 0.279 e. The van der Waals surface area contributed by atoms with Gasteiger partial charge in [-0.3, -0.25) is 14.5 Å². The van der Waals surface area contributed by atoms with Crippen LogP contribution in [0.25, 0.3) is 22.4 Å². The highest BCUT2D eigenvalue weighted by Crippen LogP contribution is 2.30. The average molecular weight is 581 g/mol. The van der Waals surface area contributed by atoms with Crippen LogP contribution in [0.3, 0.4) is 0 Å². The van der Waals surface area contributed by atoms with Gasteiger partial charge in [-0.15, -0.1) is 0 Å². The first-order valence-corrected chi connectivity index (χ1v) is 15.4. The van der Waals surface area contributed by atoms with Gasteiger partial charge < -0.3 is 14.6 Å². The Hall–Kier alpha value is -3.68. The first kappa shape index (κ1) is 28.8. The number of aryl methyl sites for hydroxylation is 1. The van der Waals surface area contributed by atoms with Gasteiger partial charge >= 0.3 is 0 Å². The van der Waals surface area contributed by atoms with Gasteiger partial charge in [0.25, 0.3) is 5.56 Å². The molecule has 41 heavy (non-hydrogen) atoms. The van der Waals surface area contributed by atoms with Crippen LogP contribution in [0.2, 0.25) is 0 Å². The van der Waals surface area contributed by atoms with Crippen molar-refractivity contribution < 1.29 is 13.2 Å². The van der Waals surface area contributed by atoms with Gasteiger partial charge in [0.05, 0.1) is 36.3 Å². The Morgan fingerprint density at radius 1 is 1.07 bits per heavy atom.